The fraction of sp³-hybridized carbons (Fsp3) is 0.857. The zero-order valence-electron chi connectivity index (χ0n) is 12.5. The molecule has 2 fully saturated rings. The first-order valence-corrected chi connectivity index (χ1v) is 7.14. The summed E-state index contributed by atoms with van der Waals surface area (Å²) in [4.78, 5) is 27.0. The minimum atomic E-state index is -0.896. The largest absolute Gasteiger partial charge is 0.481 e. The van der Waals surface area contributed by atoms with E-state index in [1.54, 1.807) is 11.9 Å². The minimum Gasteiger partial charge on any atom is -0.481 e. The van der Waals surface area contributed by atoms with Gasteiger partial charge in [0, 0.05) is 20.1 Å². The lowest BCUT2D eigenvalue weighted by atomic mass is 9.83. The number of carboxylic acids is 1. The van der Waals surface area contributed by atoms with Gasteiger partial charge in [-0.2, -0.15) is 0 Å². The smallest absolute Gasteiger partial charge is 0.320 e. The summed E-state index contributed by atoms with van der Waals surface area (Å²) in [6, 6.07) is -0.447. The summed E-state index contributed by atoms with van der Waals surface area (Å²) < 4.78 is 5.23. The van der Waals surface area contributed by atoms with Crippen LogP contribution in [-0.2, 0) is 9.53 Å². The number of likely N-dealkylation sites (tertiary alicyclic amines) is 1. The lowest BCUT2D eigenvalue weighted by molar-refractivity contribution is -0.142. The van der Waals surface area contributed by atoms with Crippen molar-refractivity contribution in [3.05, 3.63) is 0 Å². The van der Waals surface area contributed by atoms with E-state index in [0.717, 1.165) is 25.9 Å². The van der Waals surface area contributed by atoms with Crippen LogP contribution in [0.5, 0.6) is 0 Å². The molecular weight excluding hydrogens is 260 g/mol. The van der Waals surface area contributed by atoms with E-state index in [0.29, 0.717) is 6.61 Å². The summed E-state index contributed by atoms with van der Waals surface area (Å²) in [6.07, 6.45) is 1.96. The SMILES string of the molecule is CN(C(=O)N1CCC(C)(C)CC1)C1COCC1C(=O)O. The van der Waals surface area contributed by atoms with Crippen molar-refractivity contribution in [1.29, 1.82) is 0 Å². The number of likely N-dealkylation sites (N-methyl/N-ethyl adjacent to an activating group) is 1. The number of amides is 2. The Labute approximate surface area is 119 Å². The maximum Gasteiger partial charge on any atom is 0.320 e. The molecule has 0 spiro atoms. The van der Waals surface area contributed by atoms with Crippen molar-refractivity contribution in [2.75, 3.05) is 33.4 Å². The van der Waals surface area contributed by atoms with Gasteiger partial charge in [0.15, 0.2) is 0 Å². The summed E-state index contributed by atoms with van der Waals surface area (Å²) in [6.45, 7) is 6.39. The highest BCUT2D eigenvalue weighted by atomic mass is 16.5. The Morgan fingerprint density at radius 1 is 1.25 bits per heavy atom. The Balaban J connectivity index is 1.97. The van der Waals surface area contributed by atoms with E-state index in [2.05, 4.69) is 13.8 Å². The molecule has 0 bridgehead atoms. The third-order valence-electron chi connectivity index (χ3n) is 4.55. The van der Waals surface area contributed by atoms with Gasteiger partial charge in [0.25, 0.3) is 0 Å². The number of aliphatic carboxylic acids is 1. The van der Waals surface area contributed by atoms with Crippen molar-refractivity contribution in [2.45, 2.75) is 32.7 Å². The van der Waals surface area contributed by atoms with Crippen LogP contribution in [0.2, 0.25) is 0 Å². The monoisotopic (exact) mass is 284 g/mol. The van der Waals surface area contributed by atoms with Crippen molar-refractivity contribution in [3.63, 3.8) is 0 Å². The van der Waals surface area contributed by atoms with Crippen molar-refractivity contribution in [2.24, 2.45) is 11.3 Å². The molecule has 1 N–H and O–H groups in total. The molecule has 2 rings (SSSR count). The first-order valence-electron chi connectivity index (χ1n) is 7.14. The zero-order chi connectivity index (χ0) is 14.9. The number of carbonyl (C=O) groups is 2. The zero-order valence-corrected chi connectivity index (χ0v) is 12.5. The van der Waals surface area contributed by atoms with Gasteiger partial charge >= 0.3 is 12.0 Å². The second-order valence-electron chi connectivity index (χ2n) is 6.59. The highest BCUT2D eigenvalue weighted by Crippen LogP contribution is 2.30. The Hall–Kier alpha value is -1.30. The average Bonchev–Trinajstić information content (AvgIpc) is 2.86. The molecule has 0 aromatic carbocycles. The molecule has 114 valence electrons. The van der Waals surface area contributed by atoms with Gasteiger partial charge in [-0.3, -0.25) is 4.79 Å². The predicted octanol–water partition coefficient (Wildman–Crippen LogP) is 1.26. The first kappa shape index (κ1) is 15.1. The fourth-order valence-electron chi connectivity index (χ4n) is 2.83. The Kier molecular flexibility index (Phi) is 4.22. The van der Waals surface area contributed by atoms with Gasteiger partial charge < -0.3 is 19.6 Å². The molecule has 0 radical (unpaired) electrons. The molecule has 2 heterocycles. The van der Waals surface area contributed by atoms with Gasteiger partial charge in [-0.25, -0.2) is 4.79 Å². The lowest BCUT2D eigenvalue weighted by Crippen LogP contribution is -2.52. The van der Waals surface area contributed by atoms with E-state index >= 15 is 0 Å². The molecule has 2 atom stereocenters. The number of urea groups is 1. The molecule has 2 aliphatic heterocycles. The summed E-state index contributed by atoms with van der Waals surface area (Å²) >= 11 is 0. The standard InChI is InChI=1S/C14H24N2O4/c1-14(2)4-6-16(7-5-14)13(19)15(3)11-9-20-8-10(11)12(17)18/h10-11H,4-9H2,1-3H3,(H,17,18). The highest BCUT2D eigenvalue weighted by Gasteiger charge is 2.40. The number of hydrogen-bond acceptors (Lipinski definition) is 3. The number of piperidine rings is 1. The summed E-state index contributed by atoms with van der Waals surface area (Å²) in [5.41, 5.74) is 0.287. The quantitative estimate of drug-likeness (QED) is 0.828. The van der Waals surface area contributed by atoms with Crippen LogP contribution in [0.3, 0.4) is 0 Å². The maximum absolute atomic E-state index is 12.5. The van der Waals surface area contributed by atoms with Gasteiger partial charge in [-0.05, 0) is 18.3 Å². The number of carbonyl (C=O) groups excluding carboxylic acids is 1. The highest BCUT2D eigenvalue weighted by molar-refractivity contribution is 5.77. The Morgan fingerprint density at radius 3 is 2.40 bits per heavy atom. The molecule has 6 heteroatoms. The topological polar surface area (TPSA) is 70.1 Å². The van der Waals surface area contributed by atoms with Crippen LogP contribution < -0.4 is 0 Å². The van der Waals surface area contributed by atoms with Gasteiger partial charge in [0.2, 0.25) is 0 Å². The molecule has 2 aliphatic rings. The third kappa shape index (κ3) is 3.06. The van der Waals surface area contributed by atoms with Gasteiger partial charge in [-0.15, -0.1) is 0 Å². The van der Waals surface area contributed by atoms with Crippen molar-refractivity contribution >= 4 is 12.0 Å². The lowest BCUT2D eigenvalue weighted by Gasteiger charge is -2.39. The van der Waals surface area contributed by atoms with Crippen molar-refractivity contribution in [1.82, 2.24) is 9.80 Å². The van der Waals surface area contributed by atoms with Crippen LogP contribution >= 0.6 is 0 Å². The fourth-order valence-corrected chi connectivity index (χ4v) is 2.83. The molecule has 6 nitrogen and oxygen atoms in total. The number of ether oxygens (including phenoxy) is 1. The van der Waals surface area contributed by atoms with Gasteiger partial charge in [0.1, 0.15) is 5.92 Å². The van der Waals surface area contributed by atoms with Gasteiger partial charge in [-0.1, -0.05) is 13.8 Å². The van der Waals surface area contributed by atoms with E-state index in [1.165, 1.54) is 0 Å². The summed E-state index contributed by atoms with van der Waals surface area (Å²) in [5, 5.41) is 9.16. The molecule has 2 amide bonds. The maximum atomic E-state index is 12.5. The van der Waals surface area contributed by atoms with Crippen molar-refractivity contribution < 1.29 is 19.4 Å². The Bertz CT molecular complexity index is 387. The molecule has 0 aromatic heterocycles. The third-order valence-corrected chi connectivity index (χ3v) is 4.55. The van der Waals surface area contributed by atoms with E-state index in [1.807, 2.05) is 4.90 Å². The molecule has 20 heavy (non-hydrogen) atoms. The van der Waals surface area contributed by atoms with Crippen LogP contribution in [0.25, 0.3) is 0 Å². The van der Waals surface area contributed by atoms with E-state index in [-0.39, 0.29) is 24.1 Å². The van der Waals surface area contributed by atoms with E-state index < -0.39 is 11.9 Å². The van der Waals surface area contributed by atoms with Crippen molar-refractivity contribution in [3.8, 4) is 0 Å². The first-order chi connectivity index (χ1) is 9.32. The van der Waals surface area contributed by atoms with Crippen LogP contribution in [-0.4, -0.2) is 66.3 Å². The summed E-state index contributed by atoms with van der Waals surface area (Å²) in [7, 11) is 1.68. The van der Waals surface area contributed by atoms with E-state index in [4.69, 9.17) is 9.84 Å². The molecule has 0 saturated carbocycles. The minimum absolute atomic E-state index is 0.0812. The Morgan fingerprint density at radius 2 is 1.85 bits per heavy atom. The molecule has 2 unspecified atom stereocenters. The molecular formula is C14H24N2O4. The van der Waals surface area contributed by atoms with Crippen LogP contribution in [0.15, 0.2) is 0 Å². The molecule has 2 saturated heterocycles. The van der Waals surface area contributed by atoms with E-state index in [9.17, 15) is 9.59 Å². The second-order valence-corrected chi connectivity index (χ2v) is 6.59. The number of nitrogens with zero attached hydrogens (tertiary/aromatic N) is 2. The summed E-state index contributed by atoms with van der Waals surface area (Å²) in [5.74, 6) is -1.52. The average molecular weight is 284 g/mol. The molecule has 0 aromatic rings. The number of carboxylic acid groups (broad SMARTS) is 1. The van der Waals surface area contributed by atoms with Crippen LogP contribution in [0, 0.1) is 11.3 Å². The second kappa shape index (κ2) is 5.60. The normalized spacial score (nSPS) is 29.2. The predicted molar refractivity (Wildman–Crippen MR) is 73.5 cm³/mol. The van der Waals surface area contributed by atoms with Crippen LogP contribution in [0.1, 0.15) is 26.7 Å². The van der Waals surface area contributed by atoms with Crippen LogP contribution in [0.4, 0.5) is 4.79 Å². The molecule has 0 aliphatic carbocycles. The number of hydrogen-bond donors (Lipinski definition) is 1. The number of rotatable bonds is 2. The van der Waals surface area contributed by atoms with Gasteiger partial charge in [0.05, 0.1) is 19.3 Å².